The molecule has 0 atom stereocenters. The minimum Gasteiger partial charge on any atom is -0.447 e. The maximum absolute atomic E-state index is 11.8. The van der Waals surface area contributed by atoms with E-state index >= 15 is 0 Å². The molecular weight excluding hydrogens is 206 g/mol. The van der Waals surface area contributed by atoms with Gasteiger partial charge in [-0.25, -0.2) is 9.69 Å². The SMILES string of the molecule is Cc1ccccc1CC(=O)N1CCOC1=O. The average molecular weight is 219 g/mol. The molecule has 0 N–H and O–H groups in total. The van der Waals surface area contributed by atoms with Crippen LogP contribution < -0.4 is 0 Å². The summed E-state index contributed by atoms with van der Waals surface area (Å²) in [5.74, 6) is -0.197. The zero-order chi connectivity index (χ0) is 11.5. The molecule has 4 nitrogen and oxygen atoms in total. The number of aryl methyl sites for hydroxylation is 1. The Bertz CT molecular complexity index is 428. The van der Waals surface area contributed by atoms with E-state index in [0.29, 0.717) is 13.2 Å². The average Bonchev–Trinajstić information content (AvgIpc) is 2.68. The second-order valence-corrected chi connectivity index (χ2v) is 3.76. The van der Waals surface area contributed by atoms with Crippen LogP contribution in [0.2, 0.25) is 0 Å². The molecule has 0 aromatic heterocycles. The molecule has 0 radical (unpaired) electrons. The van der Waals surface area contributed by atoms with Crippen molar-refractivity contribution in [3.8, 4) is 0 Å². The minimum atomic E-state index is -0.529. The third kappa shape index (κ3) is 2.05. The van der Waals surface area contributed by atoms with Gasteiger partial charge in [0.05, 0.1) is 13.0 Å². The second-order valence-electron chi connectivity index (χ2n) is 3.76. The number of ether oxygens (including phenoxy) is 1. The summed E-state index contributed by atoms with van der Waals surface area (Å²) in [5.41, 5.74) is 2.01. The molecule has 2 rings (SSSR count). The second kappa shape index (κ2) is 4.35. The number of carbonyl (C=O) groups excluding carboxylic acids is 2. The summed E-state index contributed by atoms with van der Waals surface area (Å²) >= 11 is 0. The normalized spacial score (nSPS) is 15.1. The van der Waals surface area contributed by atoms with Crippen molar-refractivity contribution in [2.75, 3.05) is 13.2 Å². The van der Waals surface area contributed by atoms with Gasteiger partial charge in [0, 0.05) is 0 Å². The lowest BCUT2D eigenvalue weighted by atomic mass is 10.1. The van der Waals surface area contributed by atoms with E-state index in [4.69, 9.17) is 4.74 Å². The topological polar surface area (TPSA) is 46.6 Å². The van der Waals surface area contributed by atoms with Crippen LogP contribution in [0.15, 0.2) is 24.3 Å². The summed E-state index contributed by atoms with van der Waals surface area (Å²) in [6.45, 7) is 2.62. The van der Waals surface area contributed by atoms with Crippen LogP contribution in [0, 0.1) is 6.92 Å². The van der Waals surface area contributed by atoms with E-state index < -0.39 is 6.09 Å². The van der Waals surface area contributed by atoms with E-state index in [1.54, 1.807) is 0 Å². The highest BCUT2D eigenvalue weighted by atomic mass is 16.6. The molecule has 1 aromatic rings. The van der Waals surface area contributed by atoms with E-state index in [2.05, 4.69) is 0 Å². The van der Waals surface area contributed by atoms with Crippen molar-refractivity contribution in [1.29, 1.82) is 0 Å². The van der Waals surface area contributed by atoms with Gasteiger partial charge in [-0.1, -0.05) is 24.3 Å². The lowest BCUT2D eigenvalue weighted by Gasteiger charge is -2.11. The molecule has 4 heteroatoms. The molecule has 1 saturated heterocycles. The highest BCUT2D eigenvalue weighted by Gasteiger charge is 2.28. The number of cyclic esters (lactones) is 1. The third-order valence-electron chi connectivity index (χ3n) is 2.66. The predicted molar refractivity (Wildman–Crippen MR) is 57.9 cm³/mol. The van der Waals surface area contributed by atoms with E-state index in [1.165, 1.54) is 0 Å². The Balaban J connectivity index is 2.08. The van der Waals surface area contributed by atoms with Crippen LogP contribution in [0.4, 0.5) is 4.79 Å². The molecule has 1 heterocycles. The number of carbonyl (C=O) groups is 2. The molecule has 1 aromatic carbocycles. The molecule has 0 saturated carbocycles. The summed E-state index contributed by atoms with van der Waals surface area (Å²) in [6.07, 6.45) is -0.277. The Morgan fingerprint density at radius 2 is 2.19 bits per heavy atom. The summed E-state index contributed by atoms with van der Waals surface area (Å²) in [6, 6.07) is 7.66. The van der Waals surface area contributed by atoms with Crippen molar-refractivity contribution in [2.45, 2.75) is 13.3 Å². The predicted octanol–water partition coefficient (Wildman–Crippen LogP) is 1.52. The Kier molecular flexibility index (Phi) is 2.90. The number of imide groups is 1. The van der Waals surface area contributed by atoms with Crippen LogP contribution in [0.1, 0.15) is 11.1 Å². The number of rotatable bonds is 2. The van der Waals surface area contributed by atoms with E-state index in [0.717, 1.165) is 16.0 Å². The molecule has 84 valence electrons. The van der Waals surface area contributed by atoms with E-state index in [-0.39, 0.29) is 12.3 Å². The Hall–Kier alpha value is -1.84. The van der Waals surface area contributed by atoms with Crippen molar-refractivity contribution >= 4 is 12.0 Å². The first kappa shape index (κ1) is 10.7. The maximum atomic E-state index is 11.8. The molecule has 0 bridgehead atoms. The highest BCUT2D eigenvalue weighted by Crippen LogP contribution is 2.11. The van der Waals surface area contributed by atoms with Gasteiger partial charge >= 0.3 is 6.09 Å². The van der Waals surface area contributed by atoms with Crippen LogP contribution in [0.5, 0.6) is 0 Å². The van der Waals surface area contributed by atoms with Crippen LogP contribution >= 0.6 is 0 Å². The zero-order valence-electron chi connectivity index (χ0n) is 9.10. The first-order chi connectivity index (χ1) is 7.68. The minimum absolute atomic E-state index is 0.197. The van der Waals surface area contributed by atoms with Gasteiger partial charge < -0.3 is 4.74 Å². The van der Waals surface area contributed by atoms with Crippen molar-refractivity contribution < 1.29 is 14.3 Å². The molecule has 1 fully saturated rings. The summed E-state index contributed by atoms with van der Waals surface area (Å²) in [7, 11) is 0. The molecule has 0 unspecified atom stereocenters. The number of benzene rings is 1. The molecule has 1 aliphatic heterocycles. The summed E-state index contributed by atoms with van der Waals surface area (Å²) in [4.78, 5) is 24.1. The Morgan fingerprint density at radius 3 is 2.81 bits per heavy atom. The molecule has 2 amide bonds. The van der Waals surface area contributed by atoms with Crippen LogP contribution in [-0.2, 0) is 16.0 Å². The van der Waals surface area contributed by atoms with Crippen molar-refractivity contribution in [3.63, 3.8) is 0 Å². The van der Waals surface area contributed by atoms with Gasteiger partial charge in [-0.15, -0.1) is 0 Å². The molecular formula is C12H13NO3. The van der Waals surface area contributed by atoms with Gasteiger partial charge in [0.15, 0.2) is 0 Å². The van der Waals surface area contributed by atoms with Gasteiger partial charge in [0.2, 0.25) is 5.91 Å². The molecule has 0 spiro atoms. The largest absolute Gasteiger partial charge is 0.447 e. The van der Waals surface area contributed by atoms with Crippen LogP contribution in [-0.4, -0.2) is 30.1 Å². The molecule has 0 aliphatic carbocycles. The van der Waals surface area contributed by atoms with Crippen LogP contribution in [0.25, 0.3) is 0 Å². The third-order valence-corrected chi connectivity index (χ3v) is 2.66. The van der Waals surface area contributed by atoms with E-state index in [9.17, 15) is 9.59 Å². The van der Waals surface area contributed by atoms with Crippen molar-refractivity contribution in [3.05, 3.63) is 35.4 Å². The molecule has 16 heavy (non-hydrogen) atoms. The Labute approximate surface area is 93.8 Å². The number of nitrogens with zero attached hydrogens (tertiary/aromatic N) is 1. The van der Waals surface area contributed by atoms with Gasteiger partial charge in [-0.2, -0.15) is 0 Å². The smallest absolute Gasteiger partial charge is 0.416 e. The number of hydrogen-bond donors (Lipinski definition) is 0. The number of hydrogen-bond acceptors (Lipinski definition) is 3. The fraction of sp³-hybridized carbons (Fsp3) is 0.333. The van der Waals surface area contributed by atoms with Gasteiger partial charge in [-0.05, 0) is 18.1 Å². The van der Waals surface area contributed by atoms with Crippen LogP contribution in [0.3, 0.4) is 0 Å². The first-order valence-electron chi connectivity index (χ1n) is 5.20. The van der Waals surface area contributed by atoms with Gasteiger partial charge in [0.1, 0.15) is 6.61 Å². The zero-order valence-corrected chi connectivity index (χ0v) is 9.10. The Morgan fingerprint density at radius 1 is 1.44 bits per heavy atom. The fourth-order valence-corrected chi connectivity index (χ4v) is 1.69. The monoisotopic (exact) mass is 219 g/mol. The first-order valence-corrected chi connectivity index (χ1v) is 5.20. The standard InChI is InChI=1S/C12H13NO3/c1-9-4-2-3-5-10(9)8-11(14)13-6-7-16-12(13)15/h2-5H,6-8H2,1H3. The fourth-order valence-electron chi connectivity index (χ4n) is 1.69. The van der Waals surface area contributed by atoms with Gasteiger partial charge in [-0.3, -0.25) is 4.79 Å². The van der Waals surface area contributed by atoms with E-state index in [1.807, 2.05) is 31.2 Å². The lowest BCUT2D eigenvalue weighted by molar-refractivity contribution is -0.127. The summed E-state index contributed by atoms with van der Waals surface area (Å²) < 4.78 is 4.72. The molecule has 1 aliphatic rings. The van der Waals surface area contributed by atoms with Crippen molar-refractivity contribution in [1.82, 2.24) is 4.90 Å². The lowest BCUT2D eigenvalue weighted by Crippen LogP contribution is -2.33. The van der Waals surface area contributed by atoms with Gasteiger partial charge in [0.25, 0.3) is 0 Å². The maximum Gasteiger partial charge on any atom is 0.416 e. The quantitative estimate of drug-likeness (QED) is 0.757. The number of amides is 2. The summed E-state index contributed by atoms with van der Waals surface area (Å²) in [5, 5.41) is 0. The highest BCUT2D eigenvalue weighted by molar-refractivity contribution is 5.94. The van der Waals surface area contributed by atoms with Crippen molar-refractivity contribution in [2.24, 2.45) is 0 Å².